The fraction of sp³-hybridized carbons (Fsp3) is 0.231. The molecule has 0 radical (unpaired) electrons. The largest absolute Gasteiger partial charge is 0.496 e. The predicted octanol–water partition coefficient (Wildman–Crippen LogP) is 1.86. The van der Waals surface area contributed by atoms with Gasteiger partial charge in [-0.05, 0) is 24.1 Å². The van der Waals surface area contributed by atoms with E-state index >= 15 is 0 Å². The lowest BCUT2D eigenvalue weighted by molar-refractivity contribution is 0.409. The quantitative estimate of drug-likeness (QED) is 0.853. The molecule has 2 rings (SSSR count). The van der Waals surface area contributed by atoms with Crippen molar-refractivity contribution in [1.29, 1.82) is 0 Å². The van der Waals surface area contributed by atoms with E-state index in [-0.39, 0.29) is 4.21 Å². The van der Waals surface area contributed by atoms with E-state index in [1.807, 2.05) is 24.3 Å². The standard InChI is InChI=1S/C13H16N2O3S2/c1-18-12-5-3-2-4-10(12)6-7-15-20(16,17)13-8-11(14)9-19-13/h2-5,8-9,15H,6-7,14H2,1H3. The second-order valence-electron chi connectivity index (χ2n) is 4.16. The number of para-hydroxylation sites is 1. The van der Waals surface area contributed by atoms with Gasteiger partial charge in [0.2, 0.25) is 10.0 Å². The number of nitrogens with two attached hydrogens (primary N) is 1. The summed E-state index contributed by atoms with van der Waals surface area (Å²) in [6.07, 6.45) is 0.560. The smallest absolute Gasteiger partial charge is 0.250 e. The van der Waals surface area contributed by atoms with Crippen molar-refractivity contribution in [3.63, 3.8) is 0 Å². The molecule has 0 bridgehead atoms. The Morgan fingerprint density at radius 1 is 1.35 bits per heavy atom. The topological polar surface area (TPSA) is 81.4 Å². The Morgan fingerprint density at radius 3 is 2.75 bits per heavy atom. The zero-order valence-corrected chi connectivity index (χ0v) is 12.6. The molecule has 0 aliphatic rings. The SMILES string of the molecule is COc1ccccc1CCNS(=O)(=O)c1cc(N)cs1. The molecule has 20 heavy (non-hydrogen) atoms. The Kier molecular flexibility index (Phi) is 4.64. The van der Waals surface area contributed by atoms with Gasteiger partial charge in [0.05, 0.1) is 7.11 Å². The average Bonchev–Trinajstić information content (AvgIpc) is 2.87. The van der Waals surface area contributed by atoms with E-state index in [0.29, 0.717) is 18.7 Å². The summed E-state index contributed by atoms with van der Waals surface area (Å²) in [5, 5.41) is 1.61. The van der Waals surface area contributed by atoms with E-state index < -0.39 is 10.0 Å². The van der Waals surface area contributed by atoms with Crippen LogP contribution in [0.15, 0.2) is 39.9 Å². The molecule has 1 heterocycles. The number of hydrogen-bond donors (Lipinski definition) is 2. The second kappa shape index (κ2) is 6.25. The summed E-state index contributed by atoms with van der Waals surface area (Å²) < 4.78 is 32.0. The van der Waals surface area contributed by atoms with Crippen LogP contribution in [0.25, 0.3) is 0 Å². The fourth-order valence-corrected chi connectivity index (χ4v) is 3.93. The number of thiophene rings is 1. The monoisotopic (exact) mass is 312 g/mol. The highest BCUT2D eigenvalue weighted by molar-refractivity contribution is 7.91. The van der Waals surface area contributed by atoms with Gasteiger partial charge in [-0.15, -0.1) is 11.3 Å². The van der Waals surface area contributed by atoms with Gasteiger partial charge in [-0.3, -0.25) is 0 Å². The minimum absolute atomic E-state index is 0.232. The van der Waals surface area contributed by atoms with Crippen molar-refractivity contribution >= 4 is 27.0 Å². The summed E-state index contributed by atoms with van der Waals surface area (Å²) in [6.45, 7) is 0.306. The average molecular weight is 312 g/mol. The lowest BCUT2D eigenvalue weighted by atomic mass is 10.1. The molecule has 0 amide bonds. The predicted molar refractivity (Wildman–Crippen MR) is 80.6 cm³/mol. The van der Waals surface area contributed by atoms with E-state index in [0.717, 1.165) is 22.6 Å². The number of rotatable bonds is 6. The van der Waals surface area contributed by atoms with E-state index in [2.05, 4.69) is 4.72 Å². The van der Waals surface area contributed by atoms with Crippen molar-refractivity contribution in [2.45, 2.75) is 10.6 Å². The van der Waals surface area contributed by atoms with Gasteiger partial charge in [0, 0.05) is 17.6 Å². The molecule has 0 aliphatic carbocycles. The molecule has 0 unspecified atom stereocenters. The lowest BCUT2D eigenvalue weighted by Gasteiger charge is -2.08. The number of anilines is 1. The van der Waals surface area contributed by atoms with Crippen molar-refractivity contribution < 1.29 is 13.2 Å². The number of ether oxygens (including phenoxy) is 1. The van der Waals surface area contributed by atoms with Crippen LogP contribution in [0.4, 0.5) is 5.69 Å². The highest BCUT2D eigenvalue weighted by atomic mass is 32.2. The second-order valence-corrected chi connectivity index (χ2v) is 7.06. The van der Waals surface area contributed by atoms with Crippen LogP contribution in [0.3, 0.4) is 0 Å². The Balaban J connectivity index is 1.99. The normalized spacial score (nSPS) is 11.4. The molecule has 0 aliphatic heterocycles. The van der Waals surface area contributed by atoms with Crippen LogP contribution in [0.5, 0.6) is 5.75 Å². The van der Waals surface area contributed by atoms with Crippen molar-refractivity contribution in [2.75, 3.05) is 19.4 Å². The van der Waals surface area contributed by atoms with E-state index in [1.54, 1.807) is 12.5 Å². The Morgan fingerprint density at radius 2 is 2.10 bits per heavy atom. The maximum Gasteiger partial charge on any atom is 0.250 e. The molecule has 108 valence electrons. The summed E-state index contributed by atoms with van der Waals surface area (Å²) in [5.74, 6) is 0.757. The maximum absolute atomic E-state index is 12.0. The number of nitrogens with one attached hydrogen (secondary N) is 1. The van der Waals surface area contributed by atoms with Crippen LogP contribution in [0.2, 0.25) is 0 Å². The molecule has 1 aromatic heterocycles. The first kappa shape index (κ1) is 14.8. The van der Waals surface area contributed by atoms with Crippen LogP contribution in [-0.4, -0.2) is 22.1 Å². The number of methoxy groups -OCH3 is 1. The van der Waals surface area contributed by atoms with E-state index in [4.69, 9.17) is 10.5 Å². The molecular weight excluding hydrogens is 296 g/mol. The summed E-state index contributed by atoms with van der Waals surface area (Å²) in [4.78, 5) is 0. The van der Waals surface area contributed by atoms with Crippen molar-refractivity contribution in [3.05, 3.63) is 41.3 Å². The lowest BCUT2D eigenvalue weighted by Crippen LogP contribution is -2.25. The Bertz CT molecular complexity index is 680. The third-order valence-corrected chi connectivity index (χ3v) is 5.66. The van der Waals surface area contributed by atoms with Gasteiger partial charge in [0.25, 0.3) is 0 Å². The molecule has 0 fully saturated rings. The zero-order chi connectivity index (χ0) is 14.6. The number of benzene rings is 1. The molecule has 2 aromatic rings. The van der Waals surface area contributed by atoms with E-state index in [9.17, 15) is 8.42 Å². The number of nitrogen functional groups attached to an aromatic ring is 1. The van der Waals surface area contributed by atoms with Gasteiger partial charge < -0.3 is 10.5 Å². The summed E-state index contributed by atoms with van der Waals surface area (Å²) in [7, 11) is -1.89. The maximum atomic E-state index is 12.0. The molecule has 3 N–H and O–H groups in total. The summed E-state index contributed by atoms with van der Waals surface area (Å²) in [6, 6.07) is 8.99. The highest BCUT2D eigenvalue weighted by Gasteiger charge is 2.15. The fourth-order valence-electron chi connectivity index (χ4n) is 1.77. The Labute approximate surface area is 122 Å². The molecule has 0 saturated heterocycles. The molecular formula is C13H16N2O3S2. The van der Waals surface area contributed by atoms with Crippen molar-refractivity contribution in [1.82, 2.24) is 4.72 Å². The molecule has 0 atom stereocenters. The highest BCUT2D eigenvalue weighted by Crippen LogP contribution is 2.21. The van der Waals surface area contributed by atoms with Crippen molar-refractivity contribution in [2.24, 2.45) is 0 Å². The molecule has 1 aromatic carbocycles. The Hall–Kier alpha value is -1.57. The third-order valence-electron chi connectivity index (χ3n) is 2.74. The van der Waals surface area contributed by atoms with Gasteiger partial charge in [0.15, 0.2) is 0 Å². The van der Waals surface area contributed by atoms with Crippen LogP contribution >= 0.6 is 11.3 Å². The minimum atomic E-state index is -3.48. The molecule has 5 nitrogen and oxygen atoms in total. The first-order valence-corrected chi connectivity index (χ1v) is 8.35. The van der Waals surface area contributed by atoms with Crippen LogP contribution in [-0.2, 0) is 16.4 Å². The van der Waals surface area contributed by atoms with Gasteiger partial charge in [-0.25, -0.2) is 13.1 Å². The van der Waals surface area contributed by atoms with Gasteiger partial charge >= 0.3 is 0 Å². The first-order valence-electron chi connectivity index (χ1n) is 5.98. The van der Waals surface area contributed by atoms with Gasteiger partial charge in [0.1, 0.15) is 9.96 Å². The van der Waals surface area contributed by atoms with Crippen LogP contribution in [0.1, 0.15) is 5.56 Å². The van der Waals surface area contributed by atoms with E-state index in [1.165, 1.54) is 6.07 Å². The van der Waals surface area contributed by atoms with Crippen molar-refractivity contribution in [3.8, 4) is 5.75 Å². The molecule has 0 spiro atoms. The third kappa shape index (κ3) is 3.50. The zero-order valence-electron chi connectivity index (χ0n) is 11.0. The molecule has 7 heteroatoms. The minimum Gasteiger partial charge on any atom is -0.496 e. The van der Waals surface area contributed by atoms with Gasteiger partial charge in [-0.2, -0.15) is 0 Å². The summed E-state index contributed by atoms with van der Waals surface area (Å²) in [5.41, 5.74) is 6.95. The number of sulfonamides is 1. The van der Waals surface area contributed by atoms with Crippen LogP contribution in [0, 0.1) is 0 Å². The van der Waals surface area contributed by atoms with Gasteiger partial charge in [-0.1, -0.05) is 18.2 Å². The van der Waals surface area contributed by atoms with Crippen LogP contribution < -0.4 is 15.2 Å². The molecule has 0 saturated carbocycles. The first-order chi connectivity index (χ1) is 9.53. The number of hydrogen-bond acceptors (Lipinski definition) is 5. The summed E-state index contributed by atoms with van der Waals surface area (Å²) >= 11 is 1.11.